The Morgan fingerprint density at radius 1 is 0.784 bits per heavy atom. The summed E-state index contributed by atoms with van der Waals surface area (Å²) in [5, 5.41) is 3.09. The Labute approximate surface area is 219 Å². The third-order valence-corrected chi connectivity index (χ3v) is 8.39. The van der Waals surface area contributed by atoms with Gasteiger partial charge in [-0.25, -0.2) is 8.42 Å². The number of anilines is 1. The first-order valence-electron chi connectivity index (χ1n) is 12.3. The predicted octanol–water partition coefficient (Wildman–Crippen LogP) is 6.50. The number of carbonyl (C=O) groups is 1. The largest absolute Gasteiger partial charge is 0.345 e. The monoisotopic (exact) mass is 512 g/mol. The Morgan fingerprint density at radius 2 is 1.35 bits per heavy atom. The average molecular weight is 513 g/mol. The Bertz CT molecular complexity index is 1500. The van der Waals surface area contributed by atoms with Crippen LogP contribution in [0.2, 0.25) is 0 Å². The summed E-state index contributed by atoms with van der Waals surface area (Å²) >= 11 is 0. The highest BCUT2D eigenvalue weighted by Crippen LogP contribution is 2.30. The molecule has 190 valence electrons. The molecule has 4 rings (SSSR count). The van der Waals surface area contributed by atoms with Crippen molar-refractivity contribution in [2.45, 2.75) is 45.2 Å². The number of aryl methyl sites for hydroxylation is 3. The number of para-hydroxylation sites is 1. The fourth-order valence-corrected chi connectivity index (χ4v) is 5.95. The maximum Gasteiger partial charge on any atom is 0.264 e. The Hall–Kier alpha value is -3.90. The van der Waals surface area contributed by atoms with Crippen molar-refractivity contribution in [2.75, 3.05) is 4.31 Å². The van der Waals surface area contributed by atoms with E-state index in [1.165, 1.54) is 9.87 Å². The highest BCUT2D eigenvalue weighted by Gasteiger charge is 2.29. The van der Waals surface area contributed by atoms with E-state index in [9.17, 15) is 13.2 Å². The molecule has 0 aliphatic rings. The van der Waals surface area contributed by atoms with Gasteiger partial charge in [0.15, 0.2) is 0 Å². The van der Waals surface area contributed by atoms with Gasteiger partial charge in [-0.1, -0.05) is 72.8 Å². The molecule has 0 heterocycles. The van der Waals surface area contributed by atoms with Crippen LogP contribution in [0.15, 0.2) is 102 Å². The second-order valence-electron chi connectivity index (χ2n) is 9.32. The molecule has 0 saturated carbocycles. The van der Waals surface area contributed by atoms with E-state index in [1.807, 2.05) is 44.2 Å². The quantitative estimate of drug-likeness (QED) is 0.293. The summed E-state index contributed by atoms with van der Waals surface area (Å²) in [4.78, 5) is 13.8. The SMILES string of the molecule is Cc1cc(C)c([C@@H](C)NC(=O)c2ccccc2N(Cc2ccccc2)S(=O)(=O)c2ccccc2)cc1C. The minimum absolute atomic E-state index is 0.0914. The van der Waals surface area contributed by atoms with E-state index in [4.69, 9.17) is 0 Å². The summed E-state index contributed by atoms with van der Waals surface area (Å²) in [6.45, 7) is 8.19. The maximum absolute atomic E-state index is 13.9. The molecule has 0 aliphatic carbocycles. The molecular formula is C31H32N2O3S. The zero-order valence-corrected chi connectivity index (χ0v) is 22.4. The van der Waals surface area contributed by atoms with Crippen molar-refractivity contribution in [3.05, 3.63) is 130 Å². The number of carbonyl (C=O) groups excluding carboxylic acids is 1. The Balaban J connectivity index is 1.74. The molecule has 1 amide bonds. The second-order valence-corrected chi connectivity index (χ2v) is 11.2. The minimum atomic E-state index is -3.95. The summed E-state index contributed by atoms with van der Waals surface area (Å²) < 4.78 is 29.0. The van der Waals surface area contributed by atoms with Crippen molar-refractivity contribution in [3.63, 3.8) is 0 Å². The molecule has 37 heavy (non-hydrogen) atoms. The first-order valence-corrected chi connectivity index (χ1v) is 13.7. The molecule has 0 bridgehead atoms. The maximum atomic E-state index is 13.9. The molecule has 0 spiro atoms. The molecule has 4 aromatic rings. The Kier molecular flexibility index (Phi) is 7.79. The van der Waals surface area contributed by atoms with Crippen LogP contribution < -0.4 is 9.62 Å². The number of nitrogens with zero attached hydrogens (tertiary/aromatic N) is 1. The summed E-state index contributed by atoms with van der Waals surface area (Å²) in [5.41, 5.74) is 5.94. The van der Waals surface area contributed by atoms with Crippen LogP contribution in [-0.2, 0) is 16.6 Å². The van der Waals surface area contributed by atoms with Crippen molar-refractivity contribution >= 4 is 21.6 Å². The smallest absolute Gasteiger partial charge is 0.264 e. The molecule has 0 aromatic heterocycles. The molecule has 0 radical (unpaired) electrons. The van der Waals surface area contributed by atoms with Gasteiger partial charge in [-0.05, 0) is 79.8 Å². The van der Waals surface area contributed by atoms with Crippen LogP contribution in [0.3, 0.4) is 0 Å². The van der Waals surface area contributed by atoms with Gasteiger partial charge in [-0.15, -0.1) is 0 Å². The zero-order chi connectivity index (χ0) is 26.6. The summed E-state index contributed by atoms with van der Waals surface area (Å²) in [6.07, 6.45) is 0. The molecule has 5 nitrogen and oxygen atoms in total. The number of hydrogen-bond donors (Lipinski definition) is 1. The van der Waals surface area contributed by atoms with Crippen molar-refractivity contribution < 1.29 is 13.2 Å². The molecule has 0 unspecified atom stereocenters. The number of benzene rings is 4. The number of hydrogen-bond acceptors (Lipinski definition) is 3. The lowest BCUT2D eigenvalue weighted by molar-refractivity contribution is 0.0940. The van der Waals surface area contributed by atoms with Crippen LogP contribution in [0.5, 0.6) is 0 Å². The van der Waals surface area contributed by atoms with Crippen LogP contribution >= 0.6 is 0 Å². The second kappa shape index (κ2) is 11.0. The van der Waals surface area contributed by atoms with Crippen molar-refractivity contribution in [3.8, 4) is 0 Å². The fraction of sp³-hybridized carbons (Fsp3) is 0.194. The first-order chi connectivity index (χ1) is 17.7. The van der Waals surface area contributed by atoms with Crippen LogP contribution in [0.25, 0.3) is 0 Å². The van der Waals surface area contributed by atoms with Crippen LogP contribution in [0, 0.1) is 20.8 Å². The predicted molar refractivity (Wildman–Crippen MR) is 149 cm³/mol. The van der Waals surface area contributed by atoms with Gasteiger partial charge < -0.3 is 5.32 Å². The van der Waals surface area contributed by atoms with E-state index in [0.29, 0.717) is 11.3 Å². The van der Waals surface area contributed by atoms with Gasteiger partial charge in [0.2, 0.25) is 0 Å². The third kappa shape index (κ3) is 5.75. The lowest BCUT2D eigenvalue weighted by Gasteiger charge is -2.27. The molecule has 0 fully saturated rings. The average Bonchev–Trinajstić information content (AvgIpc) is 2.90. The van der Waals surface area contributed by atoms with Gasteiger partial charge in [-0.3, -0.25) is 9.10 Å². The van der Waals surface area contributed by atoms with Gasteiger partial charge in [0.05, 0.1) is 28.7 Å². The van der Waals surface area contributed by atoms with Crippen LogP contribution in [0.1, 0.15) is 51.1 Å². The molecule has 0 aliphatic heterocycles. The first kappa shape index (κ1) is 26.2. The third-order valence-electron chi connectivity index (χ3n) is 6.61. The summed E-state index contributed by atoms with van der Waals surface area (Å²) in [6, 6.07) is 28.5. The summed E-state index contributed by atoms with van der Waals surface area (Å²) in [5.74, 6) is -0.331. The Morgan fingerprint density at radius 3 is 2.03 bits per heavy atom. The van der Waals surface area contributed by atoms with Crippen LogP contribution in [-0.4, -0.2) is 14.3 Å². The molecule has 6 heteroatoms. The van der Waals surface area contributed by atoms with Gasteiger partial charge in [-0.2, -0.15) is 0 Å². The van der Waals surface area contributed by atoms with E-state index in [1.54, 1.807) is 54.6 Å². The minimum Gasteiger partial charge on any atom is -0.345 e. The molecular weight excluding hydrogens is 480 g/mol. The van der Waals surface area contributed by atoms with Gasteiger partial charge in [0, 0.05) is 0 Å². The van der Waals surface area contributed by atoms with Crippen molar-refractivity contribution in [1.29, 1.82) is 0 Å². The molecule has 4 aromatic carbocycles. The standard InChI is InChI=1S/C31H32N2O3S/c1-22-19-24(3)29(20-23(22)2)25(4)32-31(34)28-17-11-12-18-30(28)33(21-26-13-7-5-8-14-26)37(35,36)27-15-9-6-10-16-27/h5-20,25H,21H2,1-4H3,(H,32,34)/t25-/m1/s1. The van der Waals surface area contributed by atoms with E-state index < -0.39 is 10.0 Å². The van der Waals surface area contributed by atoms with E-state index in [-0.39, 0.29) is 23.4 Å². The van der Waals surface area contributed by atoms with Gasteiger partial charge >= 0.3 is 0 Å². The highest BCUT2D eigenvalue weighted by molar-refractivity contribution is 7.92. The van der Waals surface area contributed by atoms with Gasteiger partial charge in [0.1, 0.15) is 0 Å². The lowest BCUT2D eigenvalue weighted by atomic mass is 9.96. The number of amides is 1. The van der Waals surface area contributed by atoms with Crippen LogP contribution in [0.4, 0.5) is 5.69 Å². The number of nitrogens with one attached hydrogen (secondary N) is 1. The van der Waals surface area contributed by atoms with Gasteiger partial charge in [0.25, 0.3) is 15.9 Å². The molecule has 0 saturated heterocycles. The van der Waals surface area contributed by atoms with E-state index >= 15 is 0 Å². The van der Waals surface area contributed by atoms with Crippen molar-refractivity contribution in [1.82, 2.24) is 5.32 Å². The summed E-state index contributed by atoms with van der Waals surface area (Å²) in [7, 11) is -3.95. The lowest BCUT2D eigenvalue weighted by Crippen LogP contribution is -2.34. The van der Waals surface area contributed by atoms with E-state index in [0.717, 1.165) is 22.3 Å². The number of rotatable bonds is 8. The number of sulfonamides is 1. The van der Waals surface area contributed by atoms with E-state index in [2.05, 4.69) is 31.3 Å². The normalized spacial score (nSPS) is 12.1. The zero-order valence-electron chi connectivity index (χ0n) is 21.6. The molecule has 1 atom stereocenters. The molecule has 1 N–H and O–H groups in total. The highest BCUT2D eigenvalue weighted by atomic mass is 32.2. The fourth-order valence-electron chi connectivity index (χ4n) is 4.45. The topological polar surface area (TPSA) is 66.5 Å². The van der Waals surface area contributed by atoms with Crippen molar-refractivity contribution in [2.24, 2.45) is 0 Å².